The van der Waals surface area contributed by atoms with Crippen molar-refractivity contribution in [3.8, 4) is 0 Å². The third-order valence-electron chi connectivity index (χ3n) is 20.4. The van der Waals surface area contributed by atoms with E-state index in [2.05, 4.69) is 36.9 Å². The normalized spacial score (nSPS) is 31.1. The molecular formula is C74H115N8O41P. The van der Waals surface area contributed by atoms with Crippen molar-refractivity contribution in [1.82, 2.24) is 41.6 Å². The summed E-state index contributed by atoms with van der Waals surface area (Å²) in [6.45, 7) is 2.45. The molecule has 1 aromatic heterocycles. The fourth-order valence-electron chi connectivity index (χ4n) is 13.7. The number of phosphoric ester groups is 1. The molecule has 124 heavy (non-hydrogen) atoms. The Morgan fingerprint density at radius 1 is 0.573 bits per heavy atom. The Morgan fingerprint density at radius 2 is 1.10 bits per heavy atom. The number of aliphatic carboxylic acids is 1. The standard InChI is InChI=1S/C74H115N8O41P/c1-7-37(112-50(94)9-3)25-48(92)78-55-65(118-52(96)11-5)59(100)44(34-111-70-56(79-49(93)26-38(8-2)113-51(95)10-4)67(119-53(97)12-6)64(43(33-86)115-70)123-124(106,107)108)117-69(55)109-22-20-75-45(89)18-19-46(90)76-28-36-29-82(81-80-36)21-23-110-71-61(102)60(101)63(42(32-85)116-71)120-72-62(103)68(58(99)41(31-84)114-72)122-74(73(104)105)27-39(87)54(66(121-74)57(98)40(88)30-83)77-47(91)24-35-16-14-13-15-17-35/h13-17,29,37-44,54-72,83-88,98-103H,7-12,18-28,30-34H2,1-6H3,(H,75,89)(H,76,90)(H,77,91)(H,78,92)(H,79,93)(H,104,105)(H2,106,107,108)/t37-,38-,39-,40-,41?,42?,43?,44?,54-,55+,56+,57-,58+,59-,60-,61+,62+,63-,64-,65?,66?,67?,68?,69-,70-,71?,72+,74+/m1/s1. The van der Waals surface area contributed by atoms with Gasteiger partial charge in [-0.2, -0.15) is 0 Å². The minimum Gasteiger partial charge on any atom is -0.477 e. The van der Waals surface area contributed by atoms with Gasteiger partial charge in [0.2, 0.25) is 29.5 Å². The zero-order valence-corrected chi connectivity index (χ0v) is 69.6. The molecular weight excluding hydrogens is 1690 g/mol. The van der Waals surface area contributed by atoms with Crippen molar-refractivity contribution in [2.75, 3.05) is 52.8 Å². The van der Waals surface area contributed by atoms with Crippen LogP contribution in [0.2, 0.25) is 0 Å². The molecule has 6 heterocycles. The number of esters is 4. The van der Waals surface area contributed by atoms with Gasteiger partial charge in [-0.25, -0.2) is 14.0 Å². The zero-order chi connectivity index (χ0) is 91.4. The van der Waals surface area contributed by atoms with Gasteiger partial charge in [0.05, 0.1) is 96.9 Å². The molecule has 5 aliphatic heterocycles. The van der Waals surface area contributed by atoms with E-state index in [-0.39, 0.29) is 83.3 Å². The Kier molecular flexibility index (Phi) is 41.3. The molecule has 0 radical (unpaired) electrons. The summed E-state index contributed by atoms with van der Waals surface area (Å²) in [5.41, 5.74) is 0.698. The van der Waals surface area contributed by atoms with Crippen LogP contribution in [0.25, 0.3) is 0 Å². The van der Waals surface area contributed by atoms with Crippen LogP contribution in [0.3, 0.4) is 0 Å². The van der Waals surface area contributed by atoms with Gasteiger partial charge in [-0.05, 0) is 18.4 Å². The highest BCUT2D eigenvalue weighted by atomic mass is 31.2. The number of aliphatic hydroxyl groups excluding tert-OH is 12. The molecule has 50 heteroatoms. The summed E-state index contributed by atoms with van der Waals surface area (Å²) in [7, 11) is -5.53. The second kappa shape index (κ2) is 49.6. The summed E-state index contributed by atoms with van der Waals surface area (Å²) < 4.78 is 99.4. The Balaban J connectivity index is 0.942. The molecule has 9 unspecified atom stereocenters. The van der Waals surface area contributed by atoms with E-state index in [0.717, 1.165) is 0 Å². The summed E-state index contributed by atoms with van der Waals surface area (Å²) in [5, 5.41) is 163. The van der Waals surface area contributed by atoms with Crippen molar-refractivity contribution in [3.63, 3.8) is 0 Å². The maximum Gasteiger partial charge on any atom is 0.470 e. The molecule has 2 aromatic rings. The Morgan fingerprint density at radius 3 is 1.66 bits per heavy atom. The Labute approximate surface area is 709 Å². The molecule has 1 aromatic carbocycles. The number of benzene rings is 1. The molecule has 0 aliphatic carbocycles. The van der Waals surface area contributed by atoms with Crippen LogP contribution >= 0.6 is 7.82 Å². The number of carboxylic acids is 1. The summed E-state index contributed by atoms with van der Waals surface area (Å²) >= 11 is 0. The number of ether oxygens (including phenoxy) is 14. The van der Waals surface area contributed by atoms with Crippen molar-refractivity contribution < 1.29 is 200 Å². The maximum absolute atomic E-state index is 13.9. The maximum atomic E-state index is 13.9. The number of carbonyl (C=O) groups is 10. The monoisotopic (exact) mass is 1800 g/mol. The molecule has 49 nitrogen and oxygen atoms in total. The number of amides is 5. The first kappa shape index (κ1) is 103. The second-order valence-corrected chi connectivity index (χ2v) is 30.6. The fourth-order valence-corrected chi connectivity index (χ4v) is 14.3. The Hall–Kier alpha value is -7.71. The molecule has 7 rings (SSSR count). The lowest BCUT2D eigenvalue weighted by atomic mass is 9.88. The highest BCUT2D eigenvalue weighted by Gasteiger charge is 2.61. The van der Waals surface area contributed by atoms with E-state index in [1.165, 1.54) is 38.6 Å². The van der Waals surface area contributed by atoms with Crippen molar-refractivity contribution in [1.29, 1.82) is 0 Å². The van der Waals surface area contributed by atoms with Crippen LogP contribution in [0.15, 0.2) is 36.5 Å². The van der Waals surface area contributed by atoms with Gasteiger partial charge in [0.25, 0.3) is 5.79 Å². The number of aromatic nitrogens is 3. The van der Waals surface area contributed by atoms with E-state index >= 15 is 0 Å². The largest absolute Gasteiger partial charge is 0.477 e. The van der Waals surface area contributed by atoms with Crippen LogP contribution in [0.1, 0.15) is 123 Å². The van der Waals surface area contributed by atoms with Gasteiger partial charge in [0, 0.05) is 51.5 Å². The van der Waals surface area contributed by atoms with E-state index in [1.54, 1.807) is 44.2 Å². The van der Waals surface area contributed by atoms with Gasteiger partial charge in [-0.1, -0.05) is 77.1 Å². The third-order valence-corrected chi connectivity index (χ3v) is 20.9. The molecule has 0 saturated carbocycles. The lowest BCUT2D eigenvalue weighted by Gasteiger charge is -2.50. The van der Waals surface area contributed by atoms with Crippen molar-refractivity contribution >= 4 is 67.2 Å². The van der Waals surface area contributed by atoms with E-state index < -0.39 is 304 Å². The molecule has 5 fully saturated rings. The number of nitrogens with zero attached hydrogens (tertiary/aromatic N) is 3. The topological polar surface area (TPSA) is 721 Å². The molecule has 0 spiro atoms. The number of phosphoric acid groups is 1. The minimum absolute atomic E-state index is 0.0297. The van der Waals surface area contributed by atoms with E-state index in [0.29, 0.717) is 5.56 Å². The van der Waals surface area contributed by atoms with Crippen LogP contribution < -0.4 is 26.6 Å². The number of hydrogen-bond acceptors (Lipinski definition) is 40. The van der Waals surface area contributed by atoms with Gasteiger partial charge < -0.3 is 169 Å². The average molecular weight is 1800 g/mol. The minimum atomic E-state index is -5.53. The van der Waals surface area contributed by atoms with Crippen LogP contribution in [-0.2, 0) is 143 Å². The van der Waals surface area contributed by atoms with Crippen molar-refractivity contribution in [2.24, 2.45) is 0 Å². The van der Waals surface area contributed by atoms with E-state index in [4.69, 9.17) is 70.8 Å². The first-order valence-corrected chi connectivity index (χ1v) is 41.9. The summed E-state index contributed by atoms with van der Waals surface area (Å²) in [6.07, 6.45) is -47.4. The number of nitrogens with one attached hydrogen (secondary N) is 5. The molecule has 5 saturated heterocycles. The lowest BCUT2D eigenvalue weighted by molar-refractivity contribution is -0.386. The zero-order valence-electron chi connectivity index (χ0n) is 68.7. The van der Waals surface area contributed by atoms with Crippen molar-refractivity contribution in [3.05, 3.63) is 47.8 Å². The van der Waals surface area contributed by atoms with Crippen LogP contribution in [0.5, 0.6) is 0 Å². The van der Waals surface area contributed by atoms with Gasteiger partial charge in [0.1, 0.15) is 122 Å². The average Bonchev–Trinajstić information content (AvgIpc) is 0.883. The van der Waals surface area contributed by atoms with Gasteiger partial charge in [-0.3, -0.25) is 47.7 Å². The number of hydrogen-bond donors (Lipinski definition) is 20. The number of carboxylic acid groups (broad SMARTS) is 1. The fraction of sp³-hybridized carbons (Fsp3) is 0.757. The molecule has 5 aliphatic rings. The van der Waals surface area contributed by atoms with E-state index in [1.807, 2.05) is 0 Å². The lowest BCUT2D eigenvalue weighted by Crippen LogP contribution is -2.71. The second-order valence-electron chi connectivity index (χ2n) is 29.5. The summed E-state index contributed by atoms with van der Waals surface area (Å²) in [4.78, 5) is 151. The first-order chi connectivity index (χ1) is 58.9. The van der Waals surface area contributed by atoms with Crippen LogP contribution in [0.4, 0.5) is 0 Å². The number of carbonyl (C=O) groups excluding carboxylic acids is 9. The van der Waals surface area contributed by atoms with Gasteiger partial charge in [-0.15, -0.1) is 5.10 Å². The predicted octanol–water partition coefficient (Wildman–Crippen LogP) is -8.00. The van der Waals surface area contributed by atoms with Gasteiger partial charge in [0.15, 0.2) is 37.4 Å². The molecule has 20 N–H and O–H groups in total. The third kappa shape index (κ3) is 29.4. The number of aliphatic hydroxyl groups is 12. The summed E-state index contributed by atoms with van der Waals surface area (Å²) in [6, 6.07) is 3.09. The quantitative estimate of drug-likeness (QED) is 0.0127. The first-order valence-electron chi connectivity index (χ1n) is 40.4. The van der Waals surface area contributed by atoms with Crippen LogP contribution in [0, 0.1) is 0 Å². The number of rotatable bonds is 48. The van der Waals surface area contributed by atoms with E-state index in [9.17, 15) is 129 Å². The Bertz CT molecular complexity index is 3800. The SMILES string of the molecule is CCC(=O)OC1[C@H](O)C(CO[C@@H]2OC(CO)[C@@H](OP(=O)(O)O)C(OC(=O)CC)[C@@H]2NC(=O)C[C@@H](CC)OC(=O)CC)O[C@@H](OCCNC(=O)CCC(=O)NCc2cn(CCOC3OC(CO)[C@@H](O[C@@H]4OC(CO)[C@H](O)C(O[C@]5(C(=O)O)C[C@@H](O)[C@@H](NC(=O)Cc6ccccc6)C([C@H](O)[C@H](O)CO)O5)[C@@H]4O)[C@H](O)[C@@H]3O)nn2)[C@H]1NC(=O)C[C@@H](CC)OC(=O)CC. The highest BCUT2D eigenvalue weighted by Crippen LogP contribution is 2.44. The molecule has 28 atom stereocenters. The molecule has 5 amide bonds. The smallest absolute Gasteiger partial charge is 0.470 e. The molecule has 0 bridgehead atoms. The van der Waals surface area contributed by atoms with Crippen LogP contribution in [-0.4, -0.2) is 374 Å². The predicted molar refractivity (Wildman–Crippen MR) is 406 cm³/mol. The van der Waals surface area contributed by atoms with Crippen molar-refractivity contribution in [2.45, 2.75) is 303 Å². The van der Waals surface area contributed by atoms with Gasteiger partial charge >= 0.3 is 37.7 Å². The highest BCUT2D eigenvalue weighted by molar-refractivity contribution is 7.46. The molecule has 702 valence electrons. The summed E-state index contributed by atoms with van der Waals surface area (Å²) in [5.74, 6) is -12.2.